The lowest BCUT2D eigenvalue weighted by molar-refractivity contribution is -0.125. The molecule has 0 aliphatic carbocycles. The first-order valence-electron chi connectivity index (χ1n) is 8.15. The van der Waals surface area contributed by atoms with Crippen LogP contribution in [0.4, 0.5) is 4.39 Å². The first-order chi connectivity index (χ1) is 11.5. The topological polar surface area (TPSA) is 63.1 Å². The SMILES string of the molecule is Cc1nnc(CNC(=O)C2CCCN2Cc2ccc(F)cc2)n1C. The van der Waals surface area contributed by atoms with E-state index in [9.17, 15) is 9.18 Å². The monoisotopic (exact) mass is 331 g/mol. The lowest BCUT2D eigenvalue weighted by atomic mass is 10.1. The van der Waals surface area contributed by atoms with E-state index in [0.717, 1.165) is 36.6 Å². The molecule has 6 nitrogen and oxygen atoms in total. The number of aryl methyl sites for hydroxylation is 1. The summed E-state index contributed by atoms with van der Waals surface area (Å²) in [5, 5.41) is 11.0. The van der Waals surface area contributed by atoms with E-state index in [1.165, 1.54) is 12.1 Å². The fourth-order valence-electron chi connectivity index (χ4n) is 3.03. The third-order valence-electron chi connectivity index (χ3n) is 4.57. The molecule has 1 aliphatic heterocycles. The second kappa shape index (κ2) is 7.09. The molecule has 1 fully saturated rings. The molecule has 2 heterocycles. The van der Waals surface area contributed by atoms with E-state index >= 15 is 0 Å². The van der Waals surface area contributed by atoms with Crippen LogP contribution in [0.1, 0.15) is 30.1 Å². The van der Waals surface area contributed by atoms with Crippen molar-refractivity contribution in [1.29, 1.82) is 0 Å². The van der Waals surface area contributed by atoms with Gasteiger partial charge in [0.15, 0.2) is 5.82 Å². The molecule has 2 aromatic rings. The number of carbonyl (C=O) groups excluding carboxylic acids is 1. The predicted octanol–water partition coefficient (Wildman–Crippen LogP) is 1.54. The van der Waals surface area contributed by atoms with Crippen LogP contribution in [0.3, 0.4) is 0 Å². The van der Waals surface area contributed by atoms with E-state index in [-0.39, 0.29) is 17.8 Å². The summed E-state index contributed by atoms with van der Waals surface area (Å²) < 4.78 is 14.9. The van der Waals surface area contributed by atoms with Gasteiger partial charge in [0.25, 0.3) is 0 Å². The zero-order chi connectivity index (χ0) is 17.1. The lowest BCUT2D eigenvalue weighted by Gasteiger charge is -2.23. The maximum absolute atomic E-state index is 13.0. The van der Waals surface area contributed by atoms with Crippen molar-refractivity contribution < 1.29 is 9.18 Å². The Kier molecular flexibility index (Phi) is 4.89. The van der Waals surface area contributed by atoms with Gasteiger partial charge in [-0.1, -0.05) is 12.1 Å². The molecule has 1 amide bonds. The minimum atomic E-state index is -0.242. The molecule has 1 N–H and O–H groups in total. The van der Waals surface area contributed by atoms with Gasteiger partial charge in [0.1, 0.15) is 11.6 Å². The van der Waals surface area contributed by atoms with E-state index in [1.54, 1.807) is 12.1 Å². The second-order valence-corrected chi connectivity index (χ2v) is 6.20. The number of likely N-dealkylation sites (tertiary alicyclic amines) is 1. The number of hydrogen-bond donors (Lipinski definition) is 1. The highest BCUT2D eigenvalue weighted by Crippen LogP contribution is 2.20. The molecular formula is C17H22FN5O. The Morgan fingerprint density at radius 2 is 2.08 bits per heavy atom. The molecule has 0 saturated carbocycles. The third kappa shape index (κ3) is 3.62. The smallest absolute Gasteiger partial charge is 0.237 e. The number of amides is 1. The standard InChI is InChI=1S/C17H22FN5O/c1-12-20-21-16(22(12)2)10-19-17(24)15-4-3-9-23(15)11-13-5-7-14(18)8-6-13/h5-8,15H,3-4,9-11H2,1-2H3,(H,19,24). The number of nitrogens with one attached hydrogen (secondary N) is 1. The highest BCUT2D eigenvalue weighted by molar-refractivity contribution is 5.81. The average molecular weight is 331 g/mol. The first-order valence-corrected chi connectivity index (χ1v) is 8.15. The fourth-order valence-corrected chi connectivity index (χ4v) is 3.03. The molecule has 128 valence electrons. The molecule has 1 aromatic carbocycles. The van der Waals surface area contributed by atoms with Crippen molar-refractivity contribution >= 4 is 5.91 Å². The number of aromatic nitrogens is 3. The van der Waals surface area contributed by atoms with Crippen LogP contribution >= 0.6 is 0 Å². The van der Waals surface area contributed by atoms with Gasteiger partial charge in [0.05, 0.1) is 12.6 Å². The van der Waals surface area contributed by atoms with Gasteiger partial charge in [-0.25, -0.2) is 4.39 Å². The number of halogens is 1. The van der Waals surface area contributed by atoms with E-state index in [1.807, 2.05) is 18.5 Å². The summed E-state index contributed by atoms with van der Waals surface area (Å²) in [4.78, 5) is 14.7. The molecule has 0 radical (unpaired) electrons. The normalized spacial score (nSPS) is 18.0. The quantitative estimate of drug-likeness (QED) is 0.903. The number of carbonyl (C=O) groups is 1. The van der Waals surface area contributed by atoms with E-state index < -0.39 is 0 Å². The summed E-state index contributed by atoms with van der Waals surface area (Å²) >= 11 is 0. The maximum Gasteiger partial charge on any atom is 0.237 e. The molecule has 0 bridgehead atoms. The van der Waals surface area contributed by atoms with Gasteiger partial charge in [0, 0.05) is 13.6 Å². The highest BCUT2D eigenvalue weighted by atomic mass is 19.1. The van der Waals surface area contributed by atoms with E-state index in [2.05, 4.69) is 20.4 Å². The van der Waals surface area contributed by atoms with Gasteiger partial charge in [-0.05, 0) is 44.0 Å². The Hall–Kier alpha value is -2.28. The van der Waals surface area contributed by atoms with E-state index in [4.69, 9.17) is 0 Å². The van der Waals surface area contributed by atoms with Gasteiger partial charge in [-0.2, -0.15) is 0 Å². The number of nitrogens with zero attached hydrogens (tertiary/aromatic N) is 4. The molecule has 1 unspecified atom stereocenters. The van der Waals surface area contributed by atoms with Gasteiger partial charge in [-0.3, -0.25) is 9.69 Å². The largest absolute Gasteiger partial charge is 0.347 e. The molecule has 1 aromatic heterocycles. The van der Waals surface area contributed by atoms with Crippen LogP contribution in [-0.2, 0) is 24.9 Å². The van der Waals surface area contributed by atoms with Crippen molar-refractivity contribution in [2.24, 2.45) is 7.05 Å². The first kappa shape index (κ1) is 16.6. The van der Waals surface area contributed by atoms with E-state index in [0.29, 0.717) is 13.1 Å². The van der Waals surface area contributed by atoms with Crippen molar-refractivity contribution in [3.05, 3.63) is 47.3 Å². The number of benzene rings is 1. The third-order valence-corrected chi connectivity index (χ3v) is 4.57. The zero-order valence-electron chi connectivity index (χ0n) is 14.0. The van der Waals surface area contributed by atoms with Crippen LogP contribution in [0.5, 0.6) is 0 Å². The van der Waals surface area contributed by atoms with Gasteiger partial charge in [0.2, 0.25) is 5.91 Å². The molecule has 24 heavy (non-hydrogen) atoms. The van der Waals surface area contributed by atoms with Crippen molar-refractivity contribution in [3.8, 4) is 0 Å². The molecule has 0 spiro atoms. The van der Waals surface area contributed by atoms with Crippen LogP contribution in [0.25, 0.3) is 0 Å². The van der Waals surface area contributed by atoms with Crippen LogP contribution in [0.15, 0.2) is 24.3 Å². The Bertz CT molecular complexity index is 712. The highest BCUT2D eigenvalue weighted by Gasteiger charge is 2.30. The minimum Gasteiger partial charge on any atom is -0.347 e. The van der Waals surface area contributed by atoms with Crippen molar-refractivity contribution in [2.75, 3.05) is 6.54 Å². The molecule has 1 atom stereocenters. The molecule has 1 aliphatic rings. The van der Waals surface area contributed by atoms with Crippen LogP contribution in [-0.4, -0.2) is 38.2 Å². The Morgan fingerprint density at radius 1 is 1.33 bits per heavy atom. The van der Waals surface area contributed by atoms with Crippen molar-refractivity contribution in [2.45, 2.75) is 38.9 Å². The predicted molar refractivity (Wildman–Crippen MR) is 87.4 cm³/mol. The van der Waals surface area contributed by atoms with Crippen molar-refractivity contribution in [1.82, 2.24) is 25.0 Å². The van der Waals surface area contributed by atoms with Gasteiger partial charge < -0.3 is 9.88 Å². The lowest BCUT2D eigenvalue weighted by Crippen LogP contribution is -2.42. The Balaban J connectivity index is 1.59. The van der Waals surface area contributed by atoms with Gasteiger partial charge in [-0.15, -0.1) is 10.2 Å². The Morgan fingerprint density at radius 3 is 2.75 bits per heavy atom. The van der Waals surface area contributed by atoms with Crippen LogP contribution in [0.2, 0.25) is 0 Å². The molecular weight excluding hydrogens is 309 g/mol. The minimum absolute atomic E-state index is 0.00950. The maximum atomic E-state index is 13.0. The van der Waals surface area contributed by atoms with Crippen molar-refractivity contribution in [3.63, 3.8) is 0 Å². The number of rotatable bonds is 5. The second-order valence-electron chi connectivity index (χ2n) is 6.20. The van der Waals surface area contributed by atoms with Gasteiger partial charge >= 0.3 is 0 Å². The summed E-state index contributed by atoms with van der Waals surface area (Å²) in [6, 6.07) is 6.30. The summed E-state index contributed by atoms with van der Waals surface area (Å²) in [7, 11) is 1.88. The summed E-state index contributed by atoms with van der Waals surface area (Å²) in [5.74, 6) is 1.32. The average Bonchev–Trinajstić information content (AvgIpc) is 3.16. The number of hydrogen-bond acceptors (Lipinski definition) is 4. The summed E-state index contributed by atoms with van der Waals surface area (Å²) in [6.45, 7) is 3.77. The summed E-state index contributed by atoms with van der Waals surface area (Å²) in [5.41, 5.74) is 1.01. The van der Waals surface area contributed by atoms with Crippen LogP contribution < -0.4 is 5.32 Å². The van der Waals surface area contributed by atoms with Crippen LogP contribution in [0, 0.1) is 12.7 Å². The Labute approximate surface area is 140 Å². The molecule has 3 rings (SSSR count). The zero-order valence-corrected chi connectivity index (χ0v) is 14.0. The summed E-state index contributed by atoms with van der Waals surface area (Å²) in [6.07, 6.45) is 1.83. The fraction of sp³-hybridized carbons (Fsp3) is 0.471. The molecule has 1 saturated heterocycles. The molecule has 7 heteroatoms.